The Labute approximate surface area is 184 Å². The summed E-state index contributed by atoms with van der Waals surface area (Å²) in [6.07, 6.45) is 2.30. The Balaban J connectivity index is 1.96. The molecule has 0 saturated heterocycles. The van der Waals surface area contributed by atoms with E-state index in [1.165, 1.54) is 0 Å². The summed E-state index contributed by atoms with van der Waals surface area (Å²) in [7, 11) is 0. The molecule has 2 heterocycles. The van der Waals surface area contributed by atoms with Crippen molar-refractivity contribution in [2.45, 2.75) is 20.3 Å². The SMILES string of the molecule is CCOC(=O)c1c(C)nn2c(Cc3ccc(Cl)cc3)c(-c3ccccc3Cl)cnc12. The fourth-order valence-electron chi connectivity index (χ4n) is 3.45. The molecular formula is C23H19Cl2N3O2. The van der Waals surface area contributed by atoms with E-state index in [0.29, 0.717) is 33.4 Å². The van der Waals surface area contributed by atoms with Crippen molar-refractivity contribution in [2.24, 2.45) is 0 Å². The predicted molar refractivity (Wildman–Crippen MR) is 118 cm³/mol. The number of hydrogen-bond donors (Lipinski definition) is 0. The number of aryl methyl sites for hydroxylation is 1. The second kappa shape index (κ2) is 8.46. The molecule has 0 radical (unpaired) electrons. The molecule has 0 N–H and O–H groups in total. The van der Waals surface area contributed by atoms with Crippen LogP contribution in [0.25, 0.3) is 16.8 Å². The van der Waals surface area contributed by atoms with Crippen LogP contribution in [0, 0.1) is 6.92 Å². The quantitative estimate of drug-likeness (QED) is 0.369. The van der Waals surface area contributed by atoms with Crippen LogP contribution in [0.4, 0.5) is 0 Å². The molecule has 0 unspecified atom stereocenters. The standard InChI is InChI=1S/C23H19Cl2N3O2/c1-3-30-23(29)21-14(2)27-28-20(12-15-8-10-16(24)11-9-15)18(13-26-22(21)28)17-6-4-5-7-19(17)25/h4-11,13H,3,12H2,1-2H3. The molecule has 0 aliphatic carbocycles. The highest BCUT2D eigenvalue weighted by molar-refractivity contribution is 6.33. The van der Waals surface area contributed by atoms with E-state index in [1.54, 1.807) is 24.6 Å². The Bertz CT molecular complexity index is 1230. The van der Waals surface area contributed by atoms with Crippen molar-refractivity contribution in [3.63, 3.8) is 0 Å². The normalized spacial score (nSPS) is 11.1. The van der Waals surface area contributed by atoms with Crippen LogP contribution in [0.5, 0.6) is 0 Å². The van der Waals surface area contributed by atoms with Gasteiger partial charge in [-0.1, -0.05) is 53.5 Å². The summed E-state index contributed by atoms with van der Waals surface area (Å²) in [6.45, 7) is 3.83. The highest BCUT2D eigenvalue weighted by Gasteiger charge is 2.23. The van der Waals surface area contributed by atoms with E-state index < -0.39 is 5.97 Å². The topological polar surface area (TPSA) is 56.5 Å². The van der Waals surface area contributed by atoms with Gasteiger partial charge in [0.05, 0.1) is 18.0 Å². The maximum atomic E-state index is 12.5. The first-order chi connectivity index (χ1) is 14.5. The van der Waals surface area contributed by atoms with Crippen molar-refractivity contribution in [3.05, 3.63) is 87.3 Å². The van der Waals surface area contributed by atoms with Crippen LogP contribution < -0.4 is 0 Å². The molecule has 30 heavy (non-hydrogen) atoms. The predicted octanol–water partition coefficient (Wildman–Crippen LogP) is 5.78. The Morgan fingerprint density at radius 3 is 2.50 bits per heavy atom. The minimum atomic E-state index is -0.430. The van der Waals surface area contributed by atoms with Gasteiger partial charge in [0.25, 0.3) is 0 Å². The first kappa shape index (κ1) is 20.4. The zero-order chi connectivity index (χ0) is 21.3. The maximum Gasteiger partial charge on any atom is 0.343 e. The third-order valence-corrected chi connectivity index (χ3v) is 5.43. The molecule has 0 spiro atoms. The first-order valence-electron chi connectivity index (χ1n) is 9.53. The number of fused-ring (bicyclic) bond motifs is 1. The van der Waals surface area contributed by atoms with Crippen molar-refractivity contribution in [1.29, 1.82) is 0 Å². The molecule has 0 amide bonds. The van der Waals surface area contributed by atoms with Crippen LogP contribution in [0.15, 0.2) is 54.7 Å². The smallest absolute Gasteiger partial charge is 0.343 e. The van der Waals surface area contributed by atoms with Gasteiger partial charge in [-0.05, 0) is 37.6 Å². The fourth-order valence-corrected chi connectivity index (χ4v) is 3.81. The molecule has 7 heteroatoms. The van der Waals surface area contributed by atoms with Crippen molar-refractivity contribution in [3.8, 4) is 11.1 Å². The van der Waals surface area contributed by atoms with Gasteiger partial charge in [-0.25, -0.2) is 14.3 Å². The molecule has 0 aliphatic heterocycles. The zero-order valence-corrected chi connectivity index (χ0v) is 18.0. The van der Waals surface area contributed by atoms with Crippen LogP contribution >= 0.6 is 23.2 Å². The van der Waals surface area contributed by atoms with E-state index in [0.717, 1.165) is 22.4 Å². The zero-order valence-electron chi connectivity index (χ0n) is 16.5. The van der Waals surface area contributed by atoms with Gasteiger partial charge in [0.15, 0.2) is 5.65 Å². The Morgan fingerprint density at radius 2 is 1.80 bits per heavy atom. The number of carbonyl (C=O) groups is 1. The monoisotopic (exact) mass is 439 g/mol. The lowest BCUT2D eigenvalue weighted by molar-refractivity contribution is 0.0527. The third-order valence-electron chi connectivity index (χ3n) is 4.85. The highest BCUT2D eigenvalue weighted by atomic mass is 35.5. The van der Waals surface area contributed by atoms with E-state index in [4.69, 9.17) is 27.9 Å². The molecule has 4 aromatic rings. The van der Waals surface area contributed by atoms with Gasteiger partial charge >= 0.3 is 5.97 Å². The number of esters is 1. The summed E-state index contributed by atoms with van der Waals surface area (Å²) in [5, 5.41) is 5.92. The van der Waals surface area contributed by atoms with Crippen LogP contribution in [0.1, 0.15) is 34.2 Å². The lowest BCUT2D eigenvalue weighted by Gasteiger charge is -2.13. The van der Waals surface area contributed by atoms with E-state index in [2.05, 4.69) is 10.1 Å². The van der Waals surface area contributed by atoms with Crippen LogP contribution in [-0.2, 0) is 11.2 Å². The number of nitrogens with zero attached hydrogens (tertiary/aromatic N) is 3. The molecular weight excluding hydrogens is 421 g/mol. The summed E-state index contributed by atoms with van der Waals surface area (Å²) in [6, 6.07) is 15.2. The summed E-state index contributed by atoms with van der Waals surface area (Å²) in [5.41, 5.74) is 5.02. The number of rotatable bonds is 5. The largest absolute Gasteiger partial charge is 0.462 e. The summed E-state index contributed by atoms with van der Waals surface area (Å²) in [5.74, 6) is -0.430. The lowest BCUT2D eigenvalue weighted by Crippen LogP contribution is -2.08. The van der Waals surface area contributed by atoms with Gasteiger partial charge in [-0.3, -0.25) is 0 Å². The van der Waals surface area contributed by atoms with Crippen molar-refractivity contribution in [1.82, 2.24) is 14.6 Å². The third kappa shape index (κ3) is 3.78. The summed E-state index contributed by atoms with van der Waals surface area (Å²) >= 11 is 12.5. The number of aromatic nitrogens is 3. The second-order valence-corrected chi connectivity index (χ2v) is 7.66. The summed E-state index contributed by atoms with van der Waals surface area (Å²) < 4.78 is 6.93. The molecule has 2 aromatic heterocycles. The molecule has 0 bridgehead atoms. The minimum absolute atomic E-state index is 0.283. The van der Waals surface area contributed by atoms with Gasteiger partial charge in [0.1, 0.15) is 5.56 Å². The lowest BCUT2D eigenvalue weighted by atomic mass is 10.0. The van der Waals surface area contributed by atoms with Crippen LogP contribution in [-0.4, -0.2) is 27.2 Å². The number of benzene rings is 2. The van der Waals surface area contributed by atoms with Gasteiger partial charge < -0.3 is 4.74 Å². The van der Waals surface area contributed by atoms with E-state index in [9.17, 15) is 4.79 Å². The van der Waals surface area contributed by atoms with Crippen molar-refractivity contribution >= 4 is 34.8 Å². The van der Waals surface area contributed by atoms with Crippen molar-refractivity contribution in [2.75, 3.05) is 6.61 Å². The molecule has 5 nitrogen and oxygen atoms in total. The number of ether oxygens (including phenoxy) is 1. The molecule has 0 atom stereocenters. The van der Waals surface area contributed by atoms with Crippen molar-refractivity contribution < 1.29 is 9.53 Å². The first-order valence-corrected chi connectivity index (χ1v) is 10.3. The molecule has 2 aromatic carbocycles. The van der Waals surface area contributed by atoms with Gasteiger partial charge in [0, 0.05) is 33.8 Å². The Morgan fingerprint density at radius 1 is 1.07 bits per heavy atom. The molecule has 0 saturated carbocycles. The van der Waals surface area contributed by atoms with Gasteiger partial charge in [-0.2, -0.15) is 5.10 Å². The summed E-state index contributed by atoms with van der Waals surface area (Å²) in [4.78, 5) is 17.1. The molecule has 0 aliphatic rings. The van der Waals surface area contributed by atoms with Crippen LogP contribution in [0.2, 0.25) is 10.0 Å². The van der Waals surface area contributed by atoms with E-state index in [1.807, 2.05) is 48.5 Å². The minimum Gasteiger partial charge on any atom is -0.462 e. The van der Waals surface area contributed by atoms with E-state index >= 15 is 0 Å². The van der Waals surface area contributed by atoms with Gasteiger partial charge in [-0.15, -0.1) is 0 Å². The fraction of sp³-hybridized carbons (Fsp3) is 0.174. The molecule has 0 fully saturated rings. The Hall–Kier alpha value is -2.89. The Kier molecular flexibility index (Phi) is 5.75. The number of carbonyl (C=O) groups excluding carboxylic acids is 1. The molecule has 152 valence electrons. The average Bonchev–Trinajstić information content (AvgIpc) is 3.07. The van der Waals surface area contributed by atoms with Gasteiger partial charge in [0.2, 0.25) is 0 Å². The van der Waals surface area contributed by atoms with Crippen LogP contribution in [0.3, 0.4) is 0 Å². The number of halogens is 2. The average molecular weight is 440 g/mol. The maximum absolute atomic E-state index is 12.5. The highest BCUT2D eigenvalue weighted by Crippen LogP contribution is 2.32. The molecule has 4 rings (SSSR count). The number of hydrogen-bond acceptors (Lipinski definition) is 4. The second-order valence-electron chi connectivity index (χ2n) is 6.82. The van der Waals surface area contributed by atoms with E-state index in [-0.39, 0.29) is 6.61 Å².